The van der Waals surface area contributed by atoms with Crippen molar-refractivity contribution in [2.45, 2.75) is 51.8 Å². The van der Waals surface area contributed by atoms with Crippen molar-refractivity contribution in [1.82, 2.24) is 0 Å². The lowest BCUT2D eigenvalue weighted by Gasteiger charge is -2.48. The van der Waals surface area contributed by atoms with Crippen LogP contribution in [0, 0.1) is 23.2 Å². The second kappa shape index (κ2) is 4.55. The van der Waals surface area contributed by atoms with Crippen LogP contribution >= 0.6 is 0 Å². The van der Waals surface area contributed by atoms with Gasteiger partial charge in [-0.3, -0.25) is 0 Å². The topological polar surface area (TPSA) is 76.0 Å². The second-order valence-electron chi connectivity index (χ2n) is 6.78. The van der Waals surface area contributed by atoms with Gasteiger partial charge in [-0.15, -0.1) is 0 Å². The monoisotopic (exact) mass is 282 g/mol. The van der Waals surface area contributed by atoms with E-state index in [4.69, 9.17) is 9.47 Å². The molecular formula is C15H22O5. The summed E-state index contributed by atoms with van der Waals surface area (Å²) < 4.78 is 10.6. The molecule has 0 aromatic heterocycles. The first kappa shape index (κ1) is 14.0. The third kappa shape index (κ3) is 1.91. The van der Waals surface area contributed by atoms with Crippen molar-refractivity contribution in [2.75, 3.05) is 0 Å². The molecule has 2 N–H and O–H groups in total. The predicted molar refractivity (Wildman–Crippen MR) is 70.2 cm³/mol. The average molecular weight is 282 g/mol. The molecule has 5 heteroatoms. The zero-order valence-electron chi connectivity index (χ0n) is 11.9. The van der Waals surface area contributed by atoms with Crippen molar-refractivity contribution in [2.24, 2.45) is 23.2 Å². The zero-order chi connectivity index (χ0) is 14.7. The summed E-state index contributed by atoms with van der Waals surface area (Å²) in [7, 11) is 0. The van der Waals surface area contributed by atoms with Crippen LogP contribution in [0.3, 0.4) is 0 Å². The largest absolute Gasteiger partial charge is 0.458 e. The van der Waals surface area contributed by atoms with Crippen LogP contribution in [0.5, 0.6) is 0 Å². The molecule has 0 radical (unpaired) electrons. The fraction of sp³-hybridized carbons (Fsp3) is 0.800. The van der Waals surface area contributed by atoms with Crippen LogP contribution in [0.2, 0.25) is 0 Å². The van der Waals surface area contributed by atoms with E-state index in [2.05, 4.69) is 13.5 Å². The minimum Gasteiger partial charge on any atom is -0.458 e. The summed E-state index contributed by atoms with van der Waals surface area (Å²) in [6.45, 7) is 7.91. The number of rotatable bonds is 0. The Morgan fingerprint density at radius 1 is 1.35 bits per heavy atom. The third-order valence-electron chi connectivity index (χ3n) is 5.52. The van der Waals surface area contributed by atoms with Gasteiger partial charge in [0.05, 0.1) is 0 Å². The van der Waals surface area contributed by atoms with Crippen LogP contribution in [0.4, 0.5) is 0 Å². The van der Waals surface area contributed by atoms with Gasteiger partial charge in [-0.2, -0.15) is 0 Å². The first-order valence-electron chi connectivity index (χ1n) is 7.24. The number of carbonyl (C=O) groups is 1. The van der Waals surface area contributed by atoms with Crippen molar-refractivity contribution >= 4 is 5.97 Å². The van der Waals surface area contributed by atoms with E-state index >= 15 is 0 Å². The zero-order valence-corrected chi connectivity index (χ0v) is 11.9. The number of carbonyl (C=O) groups excluding carboxylic acids is 1. The van der Waals surface area contributed by atoms with E-state index in [1.807, 2.05) is 6.92 Å². The summed E-state index contributed by atoms with van der Waals surface area (Å²) in [5.74, 6) is -0.00537. The molecule has 5 nitrogen and oxygen atoms in total. The van der Waals surface area contributed by atoms with Crippen LogP contribution in [-0.2, 0) is 14.3 Å². The van der Waals surface area contributed by atoms with E-state index in [1.54, 1.807) is 0 Å². The highest BCUT2D eigenvalue weighted by molar-refractivity contribution is 5.90. The quantitative estimate of drug-likeness (QED) is 0.515. The summed E-state index contributed by atoms with van der Waals surface area (Å²) >= 11 is 0. The van der Waals surface area contributed by atoms with Crippen LogP contribution < -0.4 is 0 Å². The Hall–Kier alpha value is -0.910. The lowest BCUT2D eigenvalue weighted by Crippen LogP contribution is -2.51. The van der Waals surface area contributed by atoms with E-state index < -0.39 is 18.0 Å². The van der Waals surface area contributed by atoms with Crippen LogP contribution in [0.25, 0.3) is 0 Å². The molecule has 0 amide bonds. The maximum absolute atomic E-state index is 11.7. The fourth-order valence-corrected chi connectivity index (χ4v) is 4.31. The molecule has 1 saturated carbocycles. The average Bonchev–Trinajstić information content (AvgIpc) is 2.55. The van der Waals surface area contributed by atoms with Gasteiger partial charge in [0.2, 0.25) is 0 Å². The molecule has 3 fully saturated rings. The molecule has 2 aliphatic heterocycles. The van der Waals surface area contributed by atoms with Gasteiger partial charge in [0.15, 0.2) is 12.6 Å². The number of aliphatic hydroxyl groups is 2. The summed E-state index contributed by atoms with van der Waals surface area (Å²) in [6.07, 6.45) is -0.249. The normalized spacial score (nSPS) is 52.0. The van der Waals surface area contributed by atoms with E-state index in [0.717, 1.165) is 6.42 Å². The molecular weight excluding hydrogens is 260 g/mol. The van der Waals surface area contributed by atoms with Gasteiger partial charge >= 0.3 is 5.97 Å². The summed E-state index contributed by atoms with van der Waals surface area (Å²) in [6, 6.07) is 0. The molecule has 0 unspecified atom stereocenters. The first-order chi connectivity index (χ1) is 9.33. The molecule has 0 bridgehead atoms. The number of aliphatic hydroxyl groups excluding tert-OH is 2. The van der Waals surface area contributed by atoms with Crippen molar-refractivity contribution in [1.29, 1.82) is 0 Å². The lowest BCUT2D eigenvalue weighted by molar-refractivity contribution is -0.304. The van der Waals surface area contributed by atoms with Gasteiger partial charge in [0.25, 0.3) is 0 Å². The molecule has 1 aliphatic carbocycles. The maximum Gasteiger partial charge on any atom is 0.334 e. The van der Waals surface area contributed by atoms with E-state index in [9.17, 15) is 15.0 Å². The minimum atomic E-state index is -1.03. The third-order valence-corrected chi connectivity index (χ3v) is 5.52. The molecule has 112 valence electrons. The molecule has 3 aliphatic rings. The van der Waals surface area contributed by atoms with Gasteiger partial charge in [0.1, 0.15) is 6.10 Å². The minimum absolute atomic E-state index is 0.0616. The van der Waals surface area contributed by atoms with Crippen molar-refractivity contribution in [3.05, 3.63) is 12.2 Å². The summed E-state index contributed by atoms with van der Waals surface area (Å²) in [5.41, 5.74) is 0.0111. The van der Waals surface area contributed by atoms with Gasteiger partial charge in [-0.1, -0.05) is 20.4 Å². The summed E-state index contributed by atoms with van der Waals surface area (Å²) in [4.78, 5) is 11.7. The second-order valence-corrected chi connectivity index (χ2v) is 6.78. The van der Waals surface area contributed by atoms with E-state index in [-0.39, 0.29) is 29.8 Å². The Morgan fingerprint density at radius 2 is 2.05 bits per heavy atom. The molecule has 2 saturated heterocycles. The lowest BCUT2D eigenvalue weighted by atomic mass is 9.65. The molecule has 20 heavy (non-hydrogen) atoms. The van der Waals surface area contributed by atoms with Gasteiger partial charge in [0, 0.05) is 23.3 Å². The number of hydrogen-bond acceptors (Lipinski definition) is 5. The molecule has 0 spiro atoms. The molecule has 0 aromatic rings. The number of hydrogen-bond donors (Lipinski definition) is 2. The Morgan fingerprint density at radius 3 is 2.75 bits per heavy atom. The number of fused-ring (bicyclic) bond motifs is 2. The number of ether oxygens (including phenoxy) is 2. The highest BCUT2D eigenvalue weighted by atomic mass is 16.7. The van der Waals surface area contributed by atoms with Gasteiger partial charge < -0.3 is 19.7 Å². The molecule has 7 atom stereocenters. The van der Waals surface area contributed by atoms with Crippen molar-refractivity contribution < 1.29 is 24.5 Å². The van der Waals surface area contributed by atoms with Crippen molar-refractivity contribution in [3.8, 4) is 0 Å². The molecule has 2 heterocycles. The van der Waals surface area contributed by atoms with E-state index in [0.29, 0.717) is 18.4 Å². The van der Waals surface area contributed by atoms with Gasteiger partial charge in [-0.25, -0.2) is 4.79 Å². The fourth-order valence-electron chi connectivity index (χ4n) is 4.31. The van der Waals surface area contributed by atoms with Gasteiger partial charge in [-0.05, 0) is 24.7 Å². The Kier molecular flexibility index (Phi) is 3.19. The SMILES string of the molecule is C=C1C(=O)O[C@@H]2C[C@H](C)[C@H]3C[C@H](O)O[C@H](O)[C@]3(C)C[C@@H]12. The molecule has 0 aromatic carbocycles. The van der Waals surface area contributed by atoms with E-state index in [1.165, 1.54) is 0 Å². The van der Waals surface area contributed by atoms with Crippen LogP contribution in [0.1, 0.15) is 33.1 Å². The molecule has 3 rings (SSSR count). The summed E-state index contributed by atoms with van der Waals surface area (Å²) in [5, 5.41) is 20.1. The van der Waals surface area contributed by atoms with Crippen LogP contribution in [0.15, 0.2) is 12.2 Å². The van der Waals surface area contributed by atoms with Crippen LogP contribution in [-0.4, -0.2) is 34.9 Å². The smallest absolute Gasteiger partial charge is 0.334 e. The first-order valence-corrected chi connectivity index (χ1v) is 7.24. The standard InChI is InChI=1S/C15H22O5/c1-7-4-11-9(8(2)13(17)19-11)6-15(3)10(7)5-12(16)20-14(15)18/h7,9-12,14,16,18H,2,4-6H2,1,3H3/t7-,9-,10+,11+,12+,14-,15+/m0/s1. The Bertz CT molecular complexity index is 448. The van der Waals surface area contributed by atoms with Crippen molar-refractivity contribution in [3.63, 3.8) is 0 Å². The maximum atomic E-state index is 11.7. The predicted octanol–water partition coefficient (Wildman–Crippen LogP) is 1.19. The number of esters is 1. The highest BCUT2D eigenvalue weighted by Gasteiger charge is 2.56. The Balaban J connectivity index is 1.96. The Labute approximate surface area is 118 Å². The highest BCUT2D eigenvalue weighted by Crippen LogP contribution is 2.54.